The van der Waals surface area contributed by atoms with E-state index < -0.39 is 23.9 Å². The first kappa shape index (κ1) is 23.7. The molecular weight excluding hydrogens is 445 g/mol. The number of aliphatic hydroxyl groups is 1. The van der Waals surface area contributed by atoms with Crippen LogP contribution in [0.25, 0.3) is 0 Å². The predicted molar refractivity (Wildman–Crippen MR) is 124 cm³/mol. The molecular formula is C25H25F3N4O2. The van der Waals surface area contributed by atoms with Gasteiger partial charge in [-0.2, -0.15) is 13.2 Å². The fraction of sp³-hybridized carbons (Fsp3) is 0.280. The fourth-order valence-corrected chi connectivity index (χ4v) is 4.23. The van der Waals surface area contributed by atoms with Crippen molar-refractivity contribution in [3.63, 3.8) is 0 Å². The first-order valence-electron chi connectivity index (χ1n) is 10.8. The van der Waals surface area contributed by atoms with Crippen molar-refractivity contribution in [3.8, 4) is 0 Å². The van der Waals surface area contributed by atoms with Gasteiger partial charge in [0, 0.05) is 42.0 Å². The zero-order valence-electron chi connectivity index (χ0n) is 18.5. The summed E-state index contributed by atoms with van der Waals surface area (Å²) in [5, 5.41) is 12.2. The van der Waals surface area contributed by atoms with Crippen LogP contribution in [0.2, 0.25) is 0 Å². The second-order valence-electron chi connectivity index (χ2n) is 8.46. The Labute approximate surface area is 195 Å². The van der Waals surface area contributed by atoms with Crippen molar-refractivity contribution in [3.05, 3.63) is 88.7 Å². The van der Waals surface area contributed by atoms with Crippen molar-refractivity contribution >= 4 is 17.3 Å². The van der Waals surface area contributed by atoms with E-state index in [0.717, 1.165) is 41.9 Å². The minimum absolute atomic E-state index is 0.0865. The molecule has 0 bridgehead atoms. The summed E-state index contributed by atoms with van der Waals surface area (Å²) in [5.74, 6) is -0.308. The van der Waals surface area contributed by atoms with Gasteiger partial charge in [0.25, 0.3) is 5.91 Å². The number of amides is 1. The normalized spacial score (nSPS) is 17.0. The van der Waals surface area contributed by atoms with Gasteiger partial charge in [0.2, 0.25) is 0 Å². The van der Waals surface area contributed by atoms with Gasteiger partial charge in [-0.1, -0.05) is 12.1 Å². The van der Waals surface area contributed by atoms with Gasteiger partial charge in [0.1, 0.15) is 6.23 Å². The van der Waals surface area contributed by atoms with Gasteiger partial charge < -0.3 is 21.1 Å². The molecule has 34 heavy (non-hydrogen) atoms. The molecule has 1 aliphatic heterocycles. The molecule has 6 nitrogen and oxygen atoms in total. The lowest BCUT2D eigenvalue weighted by molar-refractivity contribution is -0.137. The lowest BCUT2D eigenvalue weighted by Crippen LogP contribution is -2.20. The van der Waals surface area contributed by atoms with Crippen molar-refractivity contribution in [2.75, 3.05) is 23.3 Å². The standard InChI is InChI=1S/C25H25F3N4O2/c1-15-5-6-16(24(34)31-20-4-2-3-19(11-20)25(26,27)28)10-22(15)17-7-8-32(14-17)21-9-18(23(29)33)12-30-13-21/h2-6,9-13,17,23,33H,7-8,14,29H2,1H3,(H,31,34)/t17-,23?/m1/s1. The number of anilines is 2. The predicted octanol–water partition coefficient (Wildman–Crippen LogP) is 4.60. The number of aliphatic hydroxyl groups excluding tert-OH is 1. The second kappa shape index (κ2) is 9.44. The Morgan fingerprint density at radius 1 is 1.21 bits per heavy atom. The van der Waals surface area contributed by atoms with E-state index in [9.17, 15) is 23.1 Å². The number of halogens is 3. The van der Waals surface area contributed by atoms with Gasteiger partial charge in [0.05, 0.1) is 17.4 Å². The van der Waals surface area contributed by atoms with E-state index in [0.29, 0.717) is 17.7 Å². The Balaban J connectivity index is 1.50. The number of pyridine rings is 1. The van der Waals surface area contributed by atoms with E-state index in [1.165, 1.54) is 18.3 Å². The number of aromatic nitrogens is 1. The number of nitrogens with two attached hydrogens (primary N) is 1. The van der Waals surface area contributed by atoms with Crippen LogP contribution in [0.3, 0.4) is 0 Å². The number of hydrogen-bond donors (Lipinski definition) is 3. The molecule has 3 aromatic rings. The lowest BCUT2D eigenvalue weighted by atomic mass is 9.92. The van der Waals surface area contributed by atoms with Crippen LogP contribution < -0.4 is 16.0 Å². The summed E-state index contributed by atoms with van der Waals surface area (Å²) < 4.78 is 38.9. The Morgan fingerprint density at radius 2 is 2.00 bits per heavy atom. The van der Waals surface area contributed by atoms with E-state index in [2.05, 4.69) is 15.2 Å². The highest BCUT2D eigenvalue weighted by atomic mass is 19.4. The number of carbonyl (C=O) groups is 1. The van der Waals surface area contributed by atoms with Gasteiger partial charge in [0.15, 0.2) is 0 Å². The topological polar surface area (TPSA) is 91.5 Å². The quantitative estimate of drug-likeness (QED) is 0.474. The number of carbonyl (C=O) groups excluding carboxylic acids is 1. The third kappa shape index (κ3) is 5.21. The molecule has 2 atom stereocenters. The summed E-state index contributed by atoms with van der Waals surface area (Å²) >= 11 is 0. The number of rotatable bonds is 5. The third-order valence-electron chi connectivity index (χ3n) is 6.07. The average molecular weight is 470 g/mol. The summed E-state index contributed by atoms with van der Waals surface area (Å²) in [6.45, 7) is 3.45. The van der Waals surface area contributed by atoms with Crippen molar-refractivity contribution in [2.24, 2.45) is 5.73 Å². The molecule has 4 rings (SSSR count). The average Bonchev–Trinajstić information content (AvgIpc) is 3.29. The molecule has 0 aliphatic carbocycles. The Morgan fingerprint density at radius 3 is 2.74 bits per heavy atom. The van der Waals surface area contributed by atoms with Crippen LogP contribution in [0.5, 0.6) is 0 Å². The third-order valence-corrected chi connectivity index (χ3v) is 6.07. The zero-order chi connectivity index (χ0) is 24.5. The Hall–Kier alpha value is -3.43. The fourth-order valence-electron chi connectivity index (χ4n) is 4.23. The molecule has 1 fully saturated rings. The smallest absolute Gasteiger partial charge is 0.374 e. The van der Waals surface area contributed by atoms with Crippen molar-refractivity contribution in [1.29, 1.82) is 0 Å². The van der Waals surface area contributed by atoms with Gasteiger partial charge in [-0.05, 0) is 60.9 Å². The monoisotopic (exact) mass is 470 g/mol. The number of alkyl halides is 3. The summed E-state index contributed by atoms with van der Waals surface area (Å²) in [5.41, 5.74) is 8.65. The minimum Gasteiger partial charge on any atom is -0.374 e. The largest absolute Gasteiger partial charge is 0.416 e. The highest BCUT2D eigenvalue weighted by Gasteiger charge is 2.30. The van der Waals surface area contributed by atoms with Gasteiger partial charge >= 0.3 is 6.18 Å². The summed E-state index contributed by atoms with van der Waals surface area (Å²) in [6.07, 6.45) is -1.48. The van der Waals surface area contributed by atoms with Crippen LogP contribution >= 0.6 is 0 Å². The van der Waals surface area contributed by atoms with Crippen LogP contribution in [0.4, 0.5) is 24.5 Å². The molecule has 0 saturated carbocycles. The molecule has 2 heterocycles. The maximum absolute atomic E-state index is 13.0. The van der Waals surface area contributed by atoms with Crippen molar-refractivity contribution < 1.29 is 23.1 Å². The van der Waals surface area contributed by atoms with E-state index in [1.54, 1.807) is 12.3 Å². The molecule has 1 unspecified atom stereocenters. The zero-order valence-corrected chi connectivity index (χ0v) is 18.5. The van der Waals surface area contributed by atoms with Crippen LogP contribution in [-0.2, 0) is 6.18 Å². The van der Waals surface area contributed by atoms with E-state index >= 15 is 0 Å². The van der Waals surface area contributed by atoms with Gasteiger partial charge in [-0.3, -0.25) is 9.78 Å². The number of nitrogens with zero attached hydrogens (tertiary/aromatic N) is 2. The molecule has 178 valence electrons. The molecule has 1 aliphatic rings. The van der Waals surface area contributed by atoms with Gasteiger partial charge in [-0.25, -0.2) is 0 Å². The van der Waals surface area contributed by atoms with Crippen LogP contribution in [0.15, 0.2) is 60.9 Å². The van der Waals surface area contributed by atoms with Crippen LogP contribution in [0.1, 0.15) is 51.2 Å². The van der Waals surface area contributed by atoms with Crippen molar-refractivity contribution in [2.45, 2.75) is 31.7 Å². The molecule has 1 amide bonds. The van der Waals surface area contributed by atoms with Crippen LogP contribution in [0, 0.1) is 6.92 Å². The number of nitrogens with one attached hydrogen (secondary N) is 1. The molecule has 2 aromatic carbocycles. The highest BCUT2D eigenvalue weighted by molar-refractivity contribution is 6.04. The Bertz CT molecular complexity index is 1200. The maximum Gasteiger partial charge on any atom is 0.416 e. The van der Waals surface area contributed by atoms with Crippen LogP contribution in [-0.4, -0.2) is 29.1 Å². The lowest BCUT2D eigenvalue weighted by Gasteiger charge is -2.20. The number of benzene rings is 2. The van der Waals surface area contributed by atoms with Crippen molar-refractivity contribution in [1.82, 2.24) is 4.98 Å². The first-order chi connectivity index (χ1) is 16.1. The second-order valence-corrected chi connectivity index (χ2v) is 8.46. The summed E-state index contributed by atoms with van der Waals surface area (Å²) in [7, 11) is 0. The van der Waals surface area contributed by atoms with E-state index in [4.69, 9.17) is 5.73 Å². The molecule has 0 spiro atoms. The maximum atomic E-state index is 13.0. The van der Waals surface area contributed by atoms with Gasteiger partial charge in [-0.15, -0.1) is 0 Å². The molecule has 9 heteroatoms. The number of hydrogen-bond acceptors (Lipinski definition) is 5. The summed E-state index contributed by atoms with van der Waals surface area (Å²) in [4.78, 5) is 19.1. The molecule has 0 radical (unpaired) electrons. The first-order valence-corrected chi connectivity index (χ1v) is 10.8. The Kier molecular flexibility index (Phi) is 6.58. The SMILES string of the molecule is Cc1ccc(C(=O)Nc2cccc(C(F)(F)F)c2)cc1[C@@H]1CCN(c2cncc(C(N)O)c2)C1. The number of aryl methyl sites for hydroxylation is 1. The highest BCUT2D eigenvalue weighted by Crippen LogP contribution is 2.34. The molecule has 4 N–H and O–H groups in total. The minimum atomic E-state index is -4.48. The summed E-state index contributed by atoms with van der Waals surface area (Å²) in [6, 6.07) is 11.7. The molecule has 1 aromatic heterocycles. The van der Waals surface area contributed by atoms with E-state index in [1.807, 2.05) is 25.1 Å². The molecule has 1 saturated heterocycles. The van der Waals surface area contributed by atoms with E-state index in [-0.39, 0.29) is 11.6 Å².